The summed E-state index contributed by atoms with van der Waals surface area (Å²) in [5.74, 6) is 0.124. The number of nitrogens with zero attached hydrogens (tertiary/aromatic N) is 3. The molecule has 0 fully saturated rings. The van der Waals surface area contributed by atoms with Gasteiger partial charge >= 0.3 is 0 Å². The van der Waals surface area contributed by atoms with Gasteiger partial charge in [-0.05, 0) is 30.3 Å². The molecule has 0 radical (unpaired) electrons. The minimum Gasteiger partial charge on any atom is -0.395 e. The Morgan fingerprint density at radius 2 is 1.96 bits per heavy atom. The molecule has 0 aliphatic carbocycles. The number of rotatable bonds is 3. The van der Waals surface area contributed by atoms with Crippen molar-refractivity contribution >= 4 is 33.5 Å². The van der Waals surface area contributed by atoms with Crippen LogP contribution in [0.1, 0.15) is 23.8 Å². The van der Waals surface area contributed by atoms with Gasteiger partial charge in [0.1, 0.15) is 5.82 Å². The highest BCUT2D eigenvalue weighted by atomic mass is 35.5. The smallest absolute Gasteiger partial charge is 0.283 e. The third-order valence-electron chi connectivity index (χ3n) is 4.75. The lowest BCUT2D eigenvalue weighted by molar-refractivity contribution is 0.209. The minimum absolute atomic E-state index is 0.0290. The molecule has 0 aliphatic heterocycles. The van der Waals surface area contributed by atoms with Crippen LogP contribution in [-0.4, -0.2) is 25.8 Å². The standard InChI is InChI=1S/C21H20ClN3O2/c1-21(2,12-26)20-23-17-18(24(20)3)15-10-9-13(22)11-16(15)25(19(17)27)14-7-5-4-6-8-14/h4-11,26H,12H2,1-3H3/i3D3. The lowest BCUT2D eigenvalue weighted by Crippen LogP contribution is -2.26. The number of aliphatic hydroxyl groups is 1. The monoisotopic (exact) mass is 384 g/mol. The van der Waals surface area contributed by atoms with Crippen LogP contribution in [0.5, 0.6) is 0 Å². The Morgan fingerprint density at radius 3 is 2.63 bits per heavy atom. The molecule has 2 aromatic carbocycles. The van der Waals surface area contributed by atoms with Crippen LogP contribution < -0.4 is 5.56 Å². The quantitative estimate of drug-likeness (QED) is 0.584. The average molecular weight is 385 g/mol. The van der Waals surface area contributed by atoms with Crippen LogP contribution in [0.15, 0.2) is 53.3 Å². The summed E-state index contributed by atoms with van der Waals surface area (Å²) >= 11 is 6.23. The van der Waals surface area contributed by atoms with Gasteiger partial charge in [-0.1, -0.05) is 43.6 Å². The van der Waals surface area contributed by atoms with Crippen molar-refractivity contribution in [2.75, 3.05) is 6.61 Å². The number of hydrogen-bond donors (Lipinski definition) is 1. The van der Waals surface area contributed by atoms with Crippen LogP contribution in [0.2, 0.25) is 5.02 Å². The number of aromatic nitrogens is 3. The highest BCUT2D eigenvalue weighted by Crippen LogP contribution is 2.31. The first-order valence-electron chi connectivity index (χ1n) is 10.0. The Kier molecular flexibility index (Phi) is 3.32. The Balaban J connectivity index is 2.30. The van der Waals surface area contributed by atoms with E-state index in [-0.39, 0.29) is 23.5 Å². The second kappa shape index (κ2) is 6.22. The first-order valence-corrected chi connectivity index (χ1v) is 8.88. The summed E-state index contributed by atoms with van der Waals surface area (Å²) in [4.78, 5) is 18.0. The van der Waals surface area contributed by atoms with Gasteiger partial charge in [-0.15, -0.1) is 0 Å². The number of pyridine rings is 1. The molecule has 1 N–H and O–H groups in total. The van der Waals surface area contributed by atoms with E-state index in [1.165, 1.54) is 4.57 Å². The Morgan fingerprint density at radius 1 is 1.22 bits per heavy atom. The van der Waals surface area contributed by atoms with Crippen molar-refractivity contribution in [3.05, 3.63) is 69.7 Å². The zero-order valence-corrected chi connectivity index (χ0v) is 15.7. The van der Waals surface area contributed by atoms with Crippen LogP contribution >= 0.6 is 11.6 Å². The van der Waals surface area contributed by atoms with E-state index in [4.69, 9.17) is 15.7 Å². The van der Waals surface area contributed by atoms with Crippen LogP contribution in [0.25, 0.3) is 27.6 Å². The molecule has 0 aliphatic rings. The van der Waals surface area contributed by atoms with Crippen molar-refractivity contribution in [3.8, 4) is 5.69 Å². The number of benzene rings is 2. The molecule has 138 valence electrons. The van der Waals surface area contributed by atoms with E-state index >= 15 is 0 Å². The maximum Gasteiger partial charge on any atom is 0.283 e. The lowest BCUT2D eigenvalue weighted by atomic mass is 9.94. The molecular weight excluding hydrogens is 362 g/mol. The molecule has 0 bridgehead atoms. The summed E-state index contributed by atoms with van der Waals surface area (Å²) in [6, 6.07) is 14.0. The first-order chi connectivity index (χ1) is 14.1. The molecule has 4 rings (SSSR count). The maximum absolute atomic E-state index is 13.6. The molecule has 2 aromatic heterocycles. The summed E-state index contributed by atoms with van der Waals surface area (Å²) in [7, 11) is 0. The van der Waals surface area contributed by atoms with Crippen molar-refractivity contribution in [1.29, 1.82) is 0 Å². The third-order valence-corrected chi connectivity index (χ3v) is 4.99. The second-order valence-electron chi connectivity index (χ2n) is 7.15. The van der Waals surface area contributed by atoms with E-state index in [1.807, 2.05) is 18.2 Å². The van der Waals surface area contributed by atoms with Crippen molar-refractivity contribution in [1.82, 2.24) is 14.1 Å². The second-order valence-corrected chi connectivity index (χ2v) is 7.58. The molecule has 5 nitrogen and oxygen atoms in total. The third kappa shape index (κ3) is 2.66. The Bertz CT molecular complexity index is 1330. The van der Waals surface area contributed by atoms with E-state index in [2.05, 4.69) is 4.98 Å². The molecule has 0 saturated carbocycles. The lowest BCUT2D eigenvalue weighted by Gasteiger charge is -2.21. The normalized spacial score (nSPS) is 14.3. The molecule has 4 aromatic rings. The summed E-state index contributed by atoms with van der Waals surface area (Å²) in [6.45, 7) is 0.438. The van der Waals surface area contributed by atoms with Gasteiger partial charge < -0.3 is 9.67 Å². The highest BCUT2D eigenvalue weighted by Gasteiger charge is 2.28. The summed E-state index contributed by atoms with van der Waals surface area (Å²) < 4.78 is 26.9. The van der Waals surface area contributed by atoms with E-state index in [0.717, 1.165) is 4.57 Å². The first kappa shape index (κ1) is 14.4. The summed E-state index contributed by atoms with van der Waals surface area (Å²) in [5, 5.41) is 10.8. The molecular formula is C21H20ClN3O2. The zero-order chi connectivity index (χ0) is 21.8. The van der Waals surface area contributed by atoms with Crippen LogP contribution in [0, 0.1) is 0 Å². The number of aryl methyl sites for hydroxylation is 1. The van der Waals surface area contributed by atoms with E-state index in [9.17, 15) is 9.90 Å². The van der Waals surface area contributed by atoms with Crippen molar-refractivity contribution < 1.29 is 9.22 Å². The van der Waals surface area contributed by atoms with Crippen LogP contribution in [0.4, 0.5) is 0 Å². The molecule has 0 atom stereocenters. The van der Waals surface area contributed by atoms with Crippen molar-refractivity contribution in [2.24, 2.45) is 6.98 Å². The van der Waals surface area contributed by atoms with Gasteiger partial charge in [-0.3, -0.25) is 9.36 Å². The molecule has 0 unspecified atom stereocenters. The van der Waals surface area contributed by atoms with Crippen LogP contribution in [0.3, 0.4) is 0 Å². The SMILES string of the molecule is [2H]C([2H])([2H])n1c(C(C)(C)CO)nc2c(=O)n(-c3ccccc3)c3cc(Cl)ccc3c21. The van der Waals surface area contributed by atoms with Crippen molar-refractivity contribution in [3.63, 3.8) is 0 Å². The predicted octanol–water partition coefficient (Wildman–Crippen LogP) is 3.80. The van der Waals surface area contributed by atoms with Gasteiger partial charge in [0, 0.05) is 32.6 Å². The number of imidazole rings is 1. The number of hydrogen-bond acceptors (Lipinski definition) is 3. The average Bonchev–Trinajstić information content (AvgIpc) is 3.11. The Labute approximate surface area is 165 Å². The molecule has 0 saturated heterocycles. The number of aliphatic hydroxyl groups excluding tert-OH is 1. The largest absolute Gasteiger partial charge is 0.395 e. The number of para-hydroxylation sites is 1. The molecule has 2 heterocycles. The van der Waals surface area contributed by atoms with Gasteiger partial charge in [0.2, 0.25) is 0 Å². The fourth-order valence-electron chi connectivity index (χ4n) is 3.28. The van der Waals surface area contributed by atoms with Gasteiger partial charge in [-0.2, -0.15) is 0 Å². The highest BCUT2D eigenvalue weighted by molar-refractivity contribution is 6.31. The zero-order valence-electron chi connectivity index (χ0n) is 17.9. The van der Waals surface area contributed by atoms with E-state index in [0.29, 0.717) is 21.6 Å². The van der Waals surface area contributed by atoms with Gasteiger partial charge in [-0.25, -0.2) is 4.98 Å². The van der Waals surface area contributed by atoms with Gasteiger partial charge in [0.05, 0.1) is 17.6 Å². The predicted molar refractivity (Wildman–Crippen MR) is 109 cm³/mol. The topological polar surface area (TPSA) is 60.0 Å². The van der Waals surface area contributed by atoms with Crippen LogP contribution in [-0.2, 0) is 12.4 Å². The van der Waals surface area contributed by atoms with E-state index in [1.54, 1.807) is 44.2 Å². The molecule has 6 heteroatoms. The Hall–Kier alpha value is -2.63. The molecule has 27 heavy (non-hydrogen) atoms. The molecule has 0 spiro atoms. The fraction of sp³-hybridized carbons (Fsp3) is 0.238. The summed E-state index contributed by atoms with van der Waals surface area (Å²) in [6.07, 6.45) is 0. The number of halogens is 1. The molecule has 0 amide bonds. The summed E-state index contributed by atoms with van der Waals surface area (Å²) in [5.41, 5.74) is -0.107. The maximum atomic E-state index is 13.6. The number of fused-ring (bicyclic) bond motifs is 3. The van der Waals surface area contributed by atoms with E-state index < -0.39 is 18.0 Å². The van der Waals surface area contributed by atoms with Crippen molar-refractivity contribution in [2.45, 2.75) is 19.3 Å². The van der Waals surface area contributed by atoms with Gasteiger partial charge in [0.15, 0.2) is 5.52 Å². The van der Waals surface area contributed by atoms with Gasteiger partial charge in [0.25, 0.3) is 5.56 Å². The fourth-order valence-corrected chi connectivity index (χ4v) is 3.45. The minimum atomic E-state index is -2.60.